The van der Waals surface area contributed by atoms with Gasteiger partial charge in [-0.1, -0.05) is 43.2 Å². The molecule has 0 aliphatic heterocycles. The van der Waals surface area contributed by atoms with Crippen molar-refractivity contribution in [3.63, 3.8) is 0 Å². The van der Waals surface area contributed by atoms with Gasteiger partial charge >= 0.3 is 0 Å². The largest absolute Gasteiger partial charge is 0.322 e. The lowest BCUT2D eigenvalue weighted by atomic mass is 10.0. The summed E-state index contributed by atoms with van der Waals surface area (Å²) in [6, 6.07) is 18.1. The first-order valence-electron chi connectivity index (χ1n) is 10.8. The molecule has 31 heavy (non-hydrogen) atoms. The fourth-order valence-corrected chi connectivity index (χ4v) is 3.75. The molecule has 0 aliphatic carbocycles. The lowest BCUT2D eigenvalue weighted by Crippen LogP contribution is -2.14. The van der Waals surface area contributed by atoms with Gasteiger partial charge in [-0.05, 0) is 80.6 Å². The molecule has 1 amide bonds. The summed E-state index contributed by atoms with van der Waals surface area (Å²) >= 11 is 0. The first-order chi connectivity index (χ1) is 14.9. The molecule has 1 N–H and O–H groups in total. The maximum Gasteiger partial charge on any atom is 0.255 e. The first-order valence-corrected chi connectivity index (χ1v) is 10.8. The maximum absolute atomic E-state index is 12.8. The summed E-state index contributed by atoms with van der Waals surface area (Å²) in [5, 5.41) is 12.3. The Morgan fingerprint density at radius 3 is 2.29 bits per heavy atom. The third-order valence-corrected chi connectivity index (χ3v) is 5.59. The average Bonchev–Trinajstić information content (AvgIpc) is 3.15. The van der Waals surface area contributed by atoms with E-state index < -0.39 is 0 Å². The Kier molecular flexibility index (Phi) is 5.85. The minimum atomic E-state index is -0.116. The van der Waals surface area contributed by atoms with Crippen LogP contribution in [-0.4, -0.2) is 20.9 Å². The van der Waals surface area contributed by atoms with Crippen LogP contribution in [0.15, 0.2) is 54.6 Å². The second kappa shape index (κ2) is 8.72. The van der Waals surface area contributed by atoms with Crippen LogP contribution in [0, 0.1) is 20.8 Å². The van der Waals surface area contributed by atoms with E-state index in [0.717, 1.165) is 45.5 Å². The lowest BCUT2D eigenvalue weighted by molar-refractivity contribution is 0.102. The lowest BCUT2D eigenvalue weighted by Gasteiger charge is -2.10. The van der Waals surface area contributed by atoms with Crippen LogP contribution in [0.3, 0.4) is 0 Å². The number of hydrogen-bond acceptors (Lipinski definition) is 3. The maximum atomic E-state index is 12.8. The number of fused-ring (bicyclic) bond motifs is 1. The highest BCUT2D eigenvalue weighted by Crippen LogP contribution is 2.23. The van der Waals surface area contributed by atoms with Crippen LogP contribution in [0.5, 0.6) is 0 Å². The summed E-state index contributed by atoms with van der Waals surface area (Å²) in [4.78, 5) is 14.5. The molecule has 5 nitrogen and oxygen atoms in total. The van der Waals surface area contributed by atoms with Crippen molar-refractivity contribution < 1.29 is 4.79 Å². The van der Waals surface area contributed by atoms with E-state index >= 15 is 0 Å². The molecule has 1 heterocycles. The number of hydrogen-bond donors (Lipinski definition) is 1. The summed E-state index contributed by atoms with van der Waals surface area (Å²) in [7, 11) is 0. The fourth-order valence-electron chi connectivity index (χ4n) is 3.75. The Labute approximate surface area is 183 Å². The summed E-state index contributed by atoms with van der Waals surface area (Å²) in [5.41, 5.74) is 8.29. The van der Waals surface area contributed by atoms with Gasteiger partial charge in [0, 0.05) is 11.3 Å². The molecule has 158 valence electrons. The average molecular weight is 413 g/mol. The number of carbonyl (C=O) groups excluding carboxylic acids is 1. The van der Waals surface area contributed by atoms with Crippen LogP contribution in [0.4, 0.5) is 5.69 Å². The highest BCUT2D eigenvalue weighted by atomic mass is 16.1. The molecular formula is C26H28N4O. The highest BCUT2D eigenvalue weighted by Gasteiger charge is 2.13. The Hall–Kier alpha value is -3.47. The minimum absolute atomic E-state index is 0.116. The van der Waals surface area contributed by atoms with E-state index in [1.807, 2.05) is 51.1 Å². The van der Waals surface area contributed by atoms with Gasteiger partial charge in [-0.15, -0.1) is 10.2 Å². The van der Waals surface area contributed by atoms with Crippen LogP contribution in [0.25, 0.3) is 16.7 Å². The monoisotopic (exact) mass is 412 g/mol. The molecule has 0 fully saturated rings. The zero-order chi connectivity index (χ0) is 22.0. The van der Waals surface area contributed by atoms with Gasteiger partial charge in [0.25, 0.3) is 5.91 Å². The molecule has 0 saturated heterocycles. The standard InChI is InChI=1S/C26H28N4O/c1-5-6-7-20-9-11-21(12-10-20)30-28-24-15-19(4)23(16-25(24)29-30)27-26(31)22-13-8-17(2)14-18(22)3/h8-16H,5-7H2,1-4H3,(H,27,31). The van der Waals surface area contributed by atoms with Crippen molar-refractivity contribution in [2.45, 2.75) is 47.0 Å². The van der Waals surface area contributed by atoms with Crippen molar-refractivity contribution in [2.75, 3.05) is 5.32 Å². The molecule has 0 atom stereocenters. The Balaban J connectivity index is 1.59. The molecule has 4 rings (SSSR count). The van der Waals surface area contributed by atoms with E-state index in [1.165, 1.54) is 18.4 Å². The molecule has 0 radical (unpaired) electrons. The van der Waals surface area contributed by atoms with E-state index in [2.05, 4.69) is 46.7 Å². The molecule has 1 aromatic heterocycles. The van der Waals surface area contributed by atoms with Crippen molar-refractivity contribution in [1.82, 2.24) is 15.0 Å². The zero-order valence-electron chi connectivity index (χ0n) is 18.6. The number of unbranched alkanes of at least 4 members (excludes halogenated alkanes) is 1. The summed E-state index contributed by atoms with van der Waals surface area (Å²) in [5.74, 6) is -0.116. The number of benzene rings is 3. The van der Waals surface area contributed by atoms with Gasteiger partial charge in [0.1, 0.15) is 11.0 Å². The molecule has 0 bridgehead atoms. The Morgan fingerprint density at radius 1 is 0.903 bits per heavy atom. The van der Waals surface area contributed by atoms with Crippen LogP contribution >= 0.6 is 0 Å². The van der Waals surface area contributed by atoms with E-state index in [0.29, 0.717) is 5.56 Å². The summed E-state index contributed by atoms with van der Waals surface area (Å²) < 4.78 is 0. The number of rotatable bonds is 6. The van der Waals surface area contributed by atoms with Crippen molar-refractivity contribution in [3.05, 3.63) is 82.4 Å². The van der Waals surface area contributed by atoms with Crippen LogP contribution in [0.2, 0.25) is 0 Å². The van der Waals surface area contributed by atoms with Gasteiger partial charge in [-0.3, -0.25) is 4.79 Å². The molecule has 5 heteroatoms. The molecule has 0 unspecified atom stereocenters. The predicted octanol–water partition coefficient (Wildman–Crippen LogP) is 5.94. The minimum Gasteiger partial charge on any atom is -0.322 e. The Bertz CT molecular complexity index is 1240. The van der Waals surface area contributed by atoms with E-state index in [-0.39, 0.29) is 5.91 Å². The van der Waals surface area contributed by atoms with Crippen LogP contribution < -0.4 is 5.32 Å². The third-order valence-electron chi connectivity index (χ3n) is 5.59. The van der Waals surface area contributed by atoms with E-state index in [9.17, 15) is 4.79 Å². The molecule has 3 aromatic carbocycles. The smallest absolute Gasteiger partial charge is 0.255 e. The highest BCUT2D eigenvalue weighted by molar-refractivity contribution is 6.06. The van der Waals surface area contributed by atoms with Gasteiger partial charge in [0.15, 0.2) is 0 Å². The van der Waals surface area contributed by atoms with E-state index in [1.54, 1.807) is 4.80 Å². The van der Waals surface area contributed by atoms with Gasteiger partial charge in [0.2, 0.25) is 0 Å². The topological polar surface area (TPSA) is 59.8 Å². The van der Waals surface area contributed by atoms with Crippen LogP contribution in [0.1, 0.15) is 52.4 Å². The molecule has 0 spiro atoms. The fraction of sp³-hybridized carbons (Fsp3) is 0.269. The van der Waals surface area contributed by atoms with Gasteiger partial charge in [-0.25, -0.2) is 0 Å². The molecule has 0 saturated carbocycles. The predicted molar refractivity (Wildman–Crippen MR) is 126 cm³/mol. The number of aryl methyl sites for hydroxylation is 4. The number of aromatic nitrogens is 3. The molecular weight excluding hydrogens is 384 g/mol. The second-order valence-electron chi connectivity index (χ2n) is 8.19. The van der Waals surface area contributed by atoms with Gasteiger partial charge < -0.3 is 5.32 Å². The van der Waals surface area contributed by atoms with Crippen molar-refractivity contribution in [2.24, 2.45) is 0 Å². The number of anilines is 1. The van der Waals surface area contributed by atoms with Crippen LogP contribution in [-0.2, 0) is 6.42 Å². The third kappa shape index (κ3) is 4.50. The normalized spacial score (nSPS) is 11.1. The number of nitrogens with zero attached hydrogens (tertiary/aromatic N) is 3. The number of amides is 1. The number of carbonyl (C=O) groups is 1. The van der Waals surface area contributed by atoms with Crippen molar-refractivity contribution in [3.8, 4) is 5.69 Å². The van der Waals surface area contributed by atoms with Crippen molar-refractivity contribution >= 4 is 22.6 Å². The SMILES string of the molecule is CCCCc1ccc(-n2nc3cc(C)c(NC(=O)c4ccc(C)cc4C)cc3n2)cc1. The first kappa shape index (κ1) is 20.8. The van der Waals surface area contributed by atoms with Crippen molar-refractivity contribution in [1.29, 1.82) is 0 Å². The Morgan fingerprint density at radius 2 is 1.61 bits per heavy atom. The van der Waals surface area contributed by atoms with Gasteiger partial charge in [0.05, 0.1) is 5.69 Å². The molecule has 0 aliphatic rings. The van der Waals surface area contributed by atoms with Gasteiger partial charge in [-0.2, -0.15) is 4.80 Å². The zero-order valence-corrected chi connectivity index (χ0v) is 18.6. The quantitative estimate of drug-likeness (QED) is 0.426. The second-order valence-corrected chi connectivity index (χ2v) is 8.19. The summed E-state index contributed by atoms with van der Waals surface area (Å²) in [6.45, 7) is 8.15. The van der Waals surface area contributed by atoms with E-state index in [4.69, 9.17) is 0 Å². The number of nitrogens with one attached hydrogen (secondary N) is 1. The summed E-state index contributed by atoms with van der Waals surface area (Å²) in [6.07, 6.45) is 3.47. The molecule has 4 aromatic rings.